The van der Waals surface area contributed by atoms with E-state index in [-0.39, 0.29) is 31.0 Å². The monoisotopic (exact) mass is 484 g/mol. The predicted octanol–water partition coefficient (Wildman–Crippen LogP) is 3.96. The zero-order chi connectivity index (χ0) is 25.2. The van der Waals surface area contributed by atoms with Crippen molar-refractivity contribution in [2.75, 3.05) is 27.9 Å². The maximum absolute atomic E-state index is 13.5. The fraction of sp³-hybridized carbons (Fsp3) is 0.481. The van der Waals surface area contributed by atoms with E-state index in [1.54, 1.807) is 44.4 Å². The van der Waals surface area contributed by atoms with Crippen LogP contribution in [0.2, 0.25) is 0 Å². The van der Waals surface area contributed by atoms with E-state index in [2.05, 4.69) is 5.32 Å². The lowest BCUT2D eigenvalue weighted by Gasteiger charge is -2.31. The summed E-state index contributed by atoms with van der Waals surface area (Å²) in [6, 6.07) is 12.2. The number of carbonyl (C=O) groups is 2. The molecule has 1 fully saturated rings. The van der Waals surface area contributed by atoms with Crippen molar-refractivity contribution in [1.82, 2.24) is 10.2 Å². The van der Waals surface area contributed by atoms with Gasteiger partial charge in [0.05, 0.1) is 21.3 Å². The molecule has 0 aromatic heterocycles. The zero-order valence-electron chi connectivity index (χ0n) is 21.0. The van der Waals surface area contributed by atoms with Gasteiger partial charge < -0.3 is 29.2 Å². The summed E-state index contributed by atoms with van der Waals surface area (Å²) in [6.07, 6.45) is 4.68. The molecule has 0 heterocycles. The molecule has 0 unspecified atom stereocenters. The number of benzene rings is 2. The molecule has 0 saturated heterocycles. The standard InChI is InChI=1S/C27H36N2O6/c1-5-25(27(31)28-20-10-6-7-11-20)29(17-19-9-8-12-21(13-19)32-2)26(30)18-35-24-15-22(33-3)14-23(16-24)34-4/h8-9,12-16,20,25H,5-7,10-11,17-18H2,1-4H3,(H,28,31)/t25-/m0/s1. The third-order valence-corrected chi connectivity index (χ3v) is 6.26. The molecule has 3 rings (SSSR count). The Morgan fingerprint density at radius 3 is 2.17 bits per heavy atom. The molecule has 8 heteroatoms. The highest BCUT2D eigenvalue weighted by molar-refractivity contribution is 5.88. The molecule has 0 bridgehead atoms. The Kier molecular flexibility index (Phi) is 9.64. The summed E-state index contributed by atoms with van der Waals surface area (Å²) < 4.78 is 21.7. The van der Waals surface area contributed by atoms with Crippen molar-refractivity contribution in [1.29, 1.82) is 0 Å². The highest BCUT2D eigenvalue weighted by Gasteiger charge is 2.31. The molecule has 0 spiro atoms. The maximum atomic E-state index is 13.5. The summed E-state index contributed by atoms with van der Waals surface area (Å²) >= 11 is 0. The molecule has 0 radical (unpaired) electrons. The molecular weight excluding hydrogens is 448 g/mol. The van der Waals surface area contributed by atoms with Gasteiger partial charge in [-0.1, -0.05) is 31.9 Å². The lowest BCUT2D eigenvalue weighted by atomic mass is 10.1. The maximum Gasteiger partial charge on any atom is 0.261 e. The molecule has 2 amide bonds. The predicted molar refractivity (Wildman–Crippen MR) is 133 cm³/mol. The minimum Gasteiger partial charge on any atom is -0.497 e. The average Bonchev–Trinajstić information content (AvgIpc) is 3.39. The fourth-order valence-electron chi connectivity index (χ4n) is 4.35. The van der Waals surface area contributed by atoms with Gasteiger partial charge in [0.15, 0.2) is 6.61 Å². The highest BCUT2D eigenvalue weighted by Crippen LogP contribution is 2.27. The van der Waals surface area contributed by atoms with Gasteiger partial charge in [0.1, 0.15) is 29.0 Å². The lowest BCUT2D eigenvalue weighted by molar-refractivity contribution is -0.143. The van der Waals surface area contributed by atoms with Crippen LogP contribution < -0.4 is 24.3 Å². The SMILES string of the molecule is CC[C@@H](C(=O)NC1CCCC1)N(Cc1cccc(OC)c1)C(=O)COc1cc(OC)cc(OC)c1. The molecule has 1 aliphatic rings. The molecule has 2 aromatic carbocycles. The van der Waals surface area contributed by atoms with Crippen molar-refractivity contribution in [3.05, 3.63) is 48.0 Å². The molecule has 1 saturated carbocycles. The summed E-state index contributed by atoms with van der Waals surface area (Å²) in [4.78, 5) is 28.3. The van der Waals surface area contributed by atoms with Crippen LogP contribution in [0.3, 0.4) is 0 Å². The summed E-state index contributed by atoms with van der Waals surface area (Å²) in [6.45, 7) is 1.95. The number of methoxy groups -OCH3 is 3. The number of carbonyl (C=O) groups excluding carboxylic acids is 2. The van der Waals surface area contributed by atoms with Gasteiger partial charge in [0, 0.05) is 30.8 Å². The molecule has 1 atom stereocenters. The van der Waals surface area contributed by atoms with Crippen LogP contribution in [-0.4, -0.2) is 56.7 Å². The summed E-state index contributed by atoms with van der Waals surface area (Å²) in [7, 11) is 4.70. The Morgan fingerprint density at radius 2 is 1.57 bits per heavy atom. The fourth-order valence-corrected chi connectivity index (χ4v) is 4.35. The lowest BCUT2D eigenvalue weighted by Crippen LogP contribution is -2.52. The van der Waals surface area contributed by atoms with Crippen molar-refractivity contribution in [3.63, 3.8) is 0 Å². The molecule has 190 valence electrons. The van der Waals surface area contributed by atoms with Gasteiger partial charge in [0.25, 0.3) is 5.91 Å². The van der Waals surface area contributed by atoms with E-state index in [0.717, 1.165) is 31.2 Å². The minimum atomic E-state index is -0.613. The quantitative estimate of drug-likeness (QED) is 0.491. The number of amides is 2. The van der Waals surface area contributed by atoms with Crippen LogP contribution >= 0.6 is 0 Å². The van der Waals surface area contributed by atoms with Crippen LogP contribution in [0.25, 0.3) is 0 Å². The van der Waals surface area contributed by atoms with E-state index in [4.69, 9.17) is 18.9 Å². The van der Waals surface area contributed by atoms with E-state index >= 15 is 0 Å². The van der Waals surface area contributed by atoms with E-state index in [9.17, 15) is 9.59 Å². The second-order valence-electron chi connectivity index (χ2n) is 8.62. The Bertz CT molecular complexity index is 967. The van der Waals surface area contributed by atoms with Crippen LogP contribution in [0.1, 0.15) is 44.6 Å². The van der Waals surface area contributed by atoms with Gasteiger partial charge in [-0.2, -0.15) is 0 Å². The second kappa shape index (κ2) is 12.9. The largest absolute Gasteiger partial charge is 0.497 e. The summed E-state index contributed by atoms with van der Waals surface area (Å²) in [5.74, 6) is 1.84. The highest BCUT2D eigenvalue weighted by atomic mass is 16.5. The first-order chi connectivity index (χ1) is 17.0. The van der Waals surface area contributed by atoms with Crippen molar-refractivity contribution < 1.29 is 28.5 Å². The van der Waals surface area contributed by atoms with E-state index < -0.39 is 6.04 Å². The molecular formula is C27H36N2O6. The third-order valence-electron chi connectivity index (χ3n) is 6.26. The molecule has 2 aromatic rings. The Morgan fingerprint density at radius 1 is 0.943 bits per heavy atom. The zero-order valence-corrected chi connectivity index (χ0v) is 21.0. The van der Waals surface area contributed by atoms with E-state index in [0.29, 0.717) is 29.4 Å². The minimum absolute atomic E-state index is 0.126. The van der Waals surface area contributed by atoms with Crippen molar-refractivity contribution in [2.24, 2.45) is 0 Å². The second-order valence-corrected chi connectivity index (χ2v) is 8.62. The first-order valence-electron chi connectivity index (χ1n) is 12.1. The smallest absolute Gasteiger partial charge is 0.261 e. The van der Waals surface area contributed by atoms with E-state index in [1.165, 1.54) is 0 Å². The Hall–Kier alpha value is -3.42. The third kappa shape index (κ3) is 7.28. The molecule has 8 nitrogen and oxygen atoms in total. The summed E-state index contributed by atoms with van der Waals surface area (Å²) in [5.41, 5.74) is 0.868. The molecule has 1 N–H and O–H groups in total. The van der Waals surface area contributed by atoms with Gasteiger partial charge in [-0.25, -0.2) is 0 Å². The van der Waals surface area contributed by atoms with Crippen LogP contribution in [0, 0.1) is 0 Å². The molecule has 0 aliphatic heterocycles. The number of hydrogen-bond donors (Lipinski definition) is 1. The number of nitrogens with zero attached hydrogens (tertiary/aromatic N) is 1. The first-order valence-corrected chi connectivity index (χ1v) is 12.1. The van der Waals surface area contributed by atoms with Crippen molar-refractivity contribution in [2.45, 2.75) is 57.7 Å². The summed E-state index contributed by atoms with van der Waals surface area (Å²) in [5, 5.41) is 3.15. The number of nitrogens with one attached hydrogen (secondary N) is 1. The number of ether oxygens (including phenoxy) is 4. The normalized spacial score (nSPS) is 14.2. The van der Waals surface area contributed by atoms with Gasteiger partial charge >= 0.3 is 0 Å². The molecule has 1 aliphatic carbocycles. The van der Waals surface area contributed by atoms with Crippen LogP contribution in [0.15, 0.2) is 42.5 Å². The van der Waals surface area contributed by atoms with Crippen LogP contribution in [-0.2, 0) is 16.1 Å². The Labute approximate surface area is 207 Å². The van der Waals surface area contributed by atoms with Gasteiger partial charge in [-0.15, -0.1) is 0 Å². The van der Waals surface area contributed by atoms with Crippen molar-refractivity contribution >= 4 is 11.8 Å². The van der Waals surface area contributed by atoms with Crippen LogP contribution in [0.4, 0.5) is 0 Å². The Balaban J connectivity index is 1.80. The molecule has 35 heavy (non-hydrogen) atoms. The van der Waals surface area contributed by atoms with Gasteiger partial charge in [0.2, 0.25) is 5.91 Å². The number of rotatable bonds is 12. The van der Waals surface area contributed by atoms with Crippen LogP contribution in [0.5, 0.6) is 23.0 Å². The first kappa shape index (κ1) is 26.2. The van der Waals surface area contributed by atoms with Gasteiger partial charge in [-0.3, -0.25) is 9.59 Å². The topological polar surface area (TPSA) is 86.3 Å². The van der Waals surface area contributed by atoms with Gasteiger partial charge in [-0.05, 0) is 37.0 Å². The average molecular weight is 485 g/mol. The van der Waals surface area contributed by atoms with Crippen molar-refractivity contribution in [3.8, 4) is 23.0 Å². The van der Waals surface area contributed by atoms with E-state index in [1.807, 2.05) is 31.2 Å². The number of hydrogen-bond acceptors (Lipinski definition) is 6.